The van der Waals surface area contributed by atoms with E-state index in [0.717, 1.165) is 11.1 Å². The van der Waals surface area contributed by atoms with E-state index in [1.54, 1.807) is 25.2 Å². The first-order chi connectivity index (χ1) is 9.95. The molecule has 0 unspecified atom stereocenters. The number of hydrogen-bond acceptors (Lipinski definition) is 4. The Kier molecular flexibility index (Phi) is 5.05. The maximum atomic E-state index is 12.5. The van der Waals surface area contributed by atoms with E-state index in [1.165, 1.54) is 29.9 Å². The lowest BCUT2D eigenvalue weighted by atomic mass is 10.2. The summed E-state index contributed by atoms with van der Waals surface area (Å²) in [6.45, 7) is 0.832. The molecule has 0 fully saturated rings. The van der Waals surface area contributed by atoms with E-state index >= 15 is 0 Å². The van der Waals surface area contributed by atoms with Gasteiger partial charge in [0.15, 0.2) is 0 Å². The molecule has 2 aromatic rings. The van der Waals surface area contributed by atoms with Crippen molar-refractivity contribution in [1.82, 2.24) is 9.62 Å². The zero-order valence-electron chi connectivity index (χ0n) is 11.8. The molecule has 114 valence electrons. The van der Waals surface area contributed by atoms with Crippen molar-refractivity contribution < 1.29 is 12.8 Å². The van der Waals surface area contributed by atoms with Gasteiger partial charge in [-0.25, -0.2) is 8.42 Å². The van der Waals surface area contributed by atoms with Crippen LogP contribution >= 0.6 is 11.6 Å². The molecule has 0 bridgehead atoms. The van der Waals surface area contributed by atoms with Crippen molar-refractivity contribution in [2.45, 2.75) is 18.0 Å². The summed E-state index contributed by atoms with van der Waals surface area (Å²) in [4.78, 5) is 0.179. The molecule has 1 aromatic carbocycles. The third-order valence-electron chi connectivity index (χ3n) is 3.09. The van der Waals surface area contributed by atoms with E-state index in [9.17, 15) is 8.42 Å². The molecular weight excluding hydrogens is 312 g/mol. The number of nitrogens with zero attached hydrogens (tertiary/aromatic N) is 1. The Labute approximate surface area is 129 Å². The van der Waals surface area contributed by atoms with Crippen molar-refractivity contribution in [2.75, 3.05) is 14.1 Å². The Morgan fingerprint density at radius 3 is 2.67 bits per heavy atom. The molecule has 0 saturated heterocycles. The summed E-state index contributed by atoms with van der Waals surface area (Å²) in [7, 11) is -0.252. The number of nitrogens with one attached hydrogen (secondary N) is 1. The van der Waals surface area contributed by atoms with Crippen molar-refractivity contribution in [1.29, 1.82) is 0 Å². The second kappa shape index (κ2) is 6.62. The molecule has 21 heavy (non-hydrogen) atoms. The van der Waals surface area contributed by atoms with Crippen LogP contribution in [-0.2, 0) is 23.1 Å². The fourth-order valence-corrected chi connectivity index (χ4v) is 3.42. The fourth-order valence-electron chi connectivity index (χ4n) is 1.93. The fraction of sp³-hybridized carbons (Fsp3) is 0.286. The highest BCUT2D eigenvalue weighted by Crippen LogP contribution is 2.23. The highest BCUT2D eigenvalue weighted by Gasteiger charge is 2.22. The van der Waals surface area contributed by atoms with Crippen LogP contribution in [0.4, 0.5) is 0 Å². The molecule has 2 rings (SSSR count). The monoisotopic (exact) mass is 328 g/mol. The highest BCUT2D eigenvalue weighted by atomic mass is 35.5. The van der Waals surface area contributed by atoms with Crippen molar-refractivity contribution in [3.05, 3.63) is 52.9 Å². The van der Waals surface area contributed by atoms with Crippen LogP contribution in [0.1, 0.15) is 11.1 Å². The van der Waals surface area contributed by atoms with Gasteiger partial charge in [-0.1, -0.05) is 17.7 Å². The van der Waals surface area contributed by atoms with E-state index in [1.807, 2.05) is 0 Å². The van der Waals surface area contributed by atoms with E-state index < -0.39 is 10.0 Å². The Morgan fingerprint density at radius 2 is 2.10 bits per heavy atom. The lowest BCUT2D eigenvalue weighted by molar-refractivity contribution is 0.463. The van der Waals surface area contributed by atoms with Crippen LogP contribution in [0.5, 0.6) is 0 Å². The Balaban J connectivity index is 2.24. The zero-order valence-corrected chi connectivity index (χ0v) is 13.4. The average molecular weight is 329 g/mol. The zero-order chi connectivity index (χ0) is 15.5. The van der Waals surface area contributed by atoms with Gasteiger partial charge in [0.1, 0.15) is 0 Å². The number of hydrogen-bond donors (Lipinski definition) is 1. The van der Waals surface area contributed by atoms with Gasteiger partial charge in [0, 0.05) is 30.7 Å². The lowest BCUT2D eigenvalue weighted by Gasteiger charge is -2.17. The largest absolute Gasteiger partial charge is 0.472 e. The molecular formula is C14H17ClN2O3S. The van der Waals surface area contributed by atoms with Gasteiger partial charge in [-0.05, 0) is 30.8 Å². The third kappa shape index (κ3) is 3.65. The van der Waals surface area contributed by atoms with Gasteiger partial charge in [0.05, 0.1) is 17.4 Å². The first-order valence-corrected chi connectivity index (χ1v) is 8.17. The van der Waals surface area contributed by atoms with Crippen molar-refractivity contribution >= 4 is 21.6 Å². The Morgan fingerprint density at radius 1 is 1.33 bits per heavy atom. The summed E-state index contributed by atoms with van der Waals surface area (Å²) >= 11 is 6.12. The van der Waals surface area contributed by atoms with Crippen LogP contribution < -0.4 is 5.32 Å². The molecule has 7 heteroatoms. The SMILES string of the molecule is CNCc1ccc(S(=O)(=O)N(C)Cc2ccoc2)cc1Cl. The van der Waals surface area contributed by atoms with Gasteiger partial charge in [-0.15, -0.1) is 0 Å². The summed E-state index contributed by atoms with van der Waals surface area (Å²) in [6.07, 6.45) is 3.04. The Bertz CT molecular complexity index is 699. The predicted molar refractivity (Wildman–Crippen MR) is 81.6 cm³/mol. The molecule has 0 amide bonds. The molecule has 1 heterocycles. The lowest BCUT2D eigenvalue weighted by Crippen LogP contribution is -2.26. The smallest absolute Gasteiger partial charge is 0.243 e. The molecule has 0 aliphatic rings. The normalized spacial score (nSPS) is 12.0. The van der Waals surface area contributed by atoms with Gasteiger partial charge < -0.3 is 9.73 Å². The van der Waals surface area contributed by atoms with Crippen LogP contribution in [0.25, 0.3) is 0 Å². The summed E-state index contributed by atoms with van der Waals surface area (Å²) < 4.78 is 31.2. The number of rotatable bonds is 6. The average Bonchev–Trinajstić information content (AvgIpc) is 2.94. The summed E-state index contributed by atoms with van der Waals surface area (Å²) in [5.41, 5.74) is 1.65. The van der Waals surface area contributed by atoms with E-state index in [0.29, 0.717) is 11.6 Å². The van der Waals surface area contributed by atoms with E-state index in [2.05, 4.69) is 5.32 Å². The molecule has 0 spiro atoms. The summed E-state index contributed by atoms with van der Waals surface area (Å²) in [5.74, 6) is 0. The van der Waals surface area contributed by atoms with Gasteiger partial charge in [-0.3, -0.25) is 0 Å². The van der Waals surface area contributed by atoms with Crippen LogP contribution in [-0.4, -0.2) is 26.8 Å². The van der Waals surface area contributed by atoms with Crippen LogP contribution in [0.2, 0.25) is 5.02 Å². The molecule has 1 N–H and O–H groups in total. The number of benzene rings is 1. The first-order valence-electron chi connectivity index (χ1n) is 6.35. The molecule has 0 radical (unpaired) electrons. The van der Waals surface area contributed by atoms with Crippen molar-refractivity contribution in [3.8, 4) is 0 Å². The maximum absolute atomic E-state index is 12.5. The number of furan rings is 1. The molecule has 0 aliphatic carbocycles. The number of halogens is 1. The first kappa shape index (κ1) is 16.0. The topological polar surface area (TPSA) is 62.6 Å². The molecule has 0 saturated carbocycles. The van der Waals surface area contributed by atoms with Gasteiger partial charge >= 0.3 is 0 Å². The van der Waals surface area contributed by atoms with Crippen LogP contribution in [0.15, 0.2) is 46.1 Å². The maximum Gasteiger partial charge on any atom is 0.243 e. The van der Waals surface area contributed by atoms with Crippen LogP contribution in [0, 0.1) is 0 Å². The number of sulfonamides is 1. The van der Waals surface area contributed by atoms with E-state index in [4.69, 9.17) is 16.0 Å². The standard InChI is InChI=1S/C14H17ClN2O3S/c1-16-8-12-3-4-13(7-14(12)15)21(18,19)17(2)9-11-5-6-20-10-11/h3-7,10,16H,8-9H2,1-2H3. The van der Waals surface area contributed by atoms with Crippen molar-refractivity contribution in [3.63, 3.8) is 0 Å². The molecule has 5 nitrogen and oxygen atoms in total. The summed E-state index contributed by atoms with van der Waals surface area (Å²) in [6, 6.07) is 6.50. The van der Waals surface area contributed by atoms with E-state index in [-0.39, 0.29) is 11.4 Å². The second-order valence-corrected chi connectivity index (χ2v) is 7.13. The molecule has 0 atom stereocenters. The third-order valence-corrected chi connectivity index (χ3v) is 5.24. The second-order valence-electron chi connectivity index (χ2n) is 4.68. The van der Waals surface area contributed by atoms with Crippen LogP contribution in [0.3, 0.4) is 0 Å². The molecule has 0 aliphatic heterocycles. The molecule has 1 aromatic heterocycles. The van der Waals surface area contributed by atoms with Crippen molar-refractivity contribution in [2.24, 2.45) is 0 Å². The van der Waals surface area contributed by atoms with Gasteiger partial charge in [-0.2, -0.15) is 4.31 Å². The Hall–Kier alpha value is -1.34. The minimum absolute atomic E-state index is 0.179. The minimum Gasteiger partial charge on any atom is -0.472 e. The van der Waals surface area contributed by atoms with Gasteiger partial charge in [0.25, 0.3) is 0 Å². The predicted octanol–water partition coefficient (Wildman–Crippen LogP) is 2.47. The highest BCUT2D eigenvalue weighted by molar-refractivity contribution is 7.89. The van der Waals surface area contributed by atoms with Gasteiger partial charge in [0.2, 0.25) is 10.0 Å². The quantitative estimate of drug-likeness (QED) is 0.885. The summed E-state index contributed by atoms with van der Waals surface area (Å²) in [5, 5.41) is 3.41. The minimum atomic E-state index is -3.58.